The largest absolute Gasteiger partial charge is 0.368 e. The zero-order chi connectivity index (χ0) is 108. The second-order valence-electron chi connectivity index (χ2n) is 35.1. The number of nitrogen functional groups attached to an aromatic ring is 4. The average Bonchev–Trinajstić information content (AvgIpc) is 1.70. The van der Waals surface area contributed by atoms with Crippen molar-refractivity contribution in [3.63, 3.8) is 0 Å². The number of H-pyrrole nitrogens is 6. The van der Waals surface area contributed by atoms with Crippen LogP contribution in [0.4, 0.5) is 107 Å². The van der Waals surface area contributed by atoms with E-state index in [0.717, 1.165) is 152 Å². The normalized spacial score (nSPS) is 10.6. The van der Waals surface area contributed by atoms with Gasteiger partial charge in [0.05, 0.1) is 0 Å². The molecule has 0 fully saturated rings. The van der Waals surface area contributed by atoms with Crippen molar-refractivity contribution < 1.29 is 0 Å². The maximum atomic E-state index is 5.65. The molecule has 54 heteroatoms. The molecule has 45 nitrogen and oxygen atoms in total. The highest BCUT2D eigenvalue weighted by molar-refractivity contribution is 7.14. The van der Waals surface area contributed by atoms with Crippen LogP contribution in [0.1, 0.15) is 87.8 Å². The fourth-order valence-electron chi connectivity index (χ4n) is 13.5. The Morgan fingerprint density at radius 2 is 0.580 bits per heavy atom. The number of nitrogens with one attached hydrogen (secondary N) is 13. The smallest absolute Gasteiger partial charge is 0.246 e. The summed E-state index contributed by atoms with van der Waals surface area (Å²) in [5.41, 5.74) is 22.1. The Bertz CT molecular complexity index is 6770. The van der Waals surface area contributed by atoms with Crippen molar-refractivity contribution in [3.05, 3.63) is 197 Å². The van der Waals surface area contributed by atoms with Gasteiger partial charge in [0.1, 0.15) is 0 Å². The third-order valence-electron chi connectivity index (χ3n) is 21.8. The van der Waals surface area contributed by atoms with Gasteiger partial charge in [0, 0.05) is 252 Å². The predicted molar refractivity (Wildman–Crippen MR) is 631 cm³/mol. The van der Waals surface area contributed by atoms with Crippen LogP contribution in [0.15, 0.2) is 109 Å². The molecule has 0 amide bonds. The molecule has 0 spiro atoms. The van der Waals surface area contributed by atoms with Gasteiger partial charge in [0.15, 0.2) is 0 Å². The number of hydrogen-bond acceptors (Lipinski definition) is 45. The first-order valence-corrected chi connectivity index (χ1v) is 55.9. The summed E-state index contributed by atoms with van der Waals surface area (Å²) in [5.74, 6) is 11.6. The van der Waals surface area contributed by atoms with Crippen LogP contribution in [-0.2, 0) is 78.9 Å². The Morgan fingerprint density at radius 1 is 0.267 bits per heavy atom. The number of nitrogens with two attached hydrogens (primary N) is 4. The van der Waals surface area contributed by atoms with Gasteiger partial charge in [-0.3, -0.25) is 13.7 Å². The molecule has 0 saturated carbocycles. The number of aromatic nitrogens is 27. The highest BCUT2D eigenvalue weighted by Crippen LogP contribution is 2.27. The number of anilines is 18. The molecule has 0 saturated heterocycles. The van der Waals surface area contributed by atoms with Gasteiger partial charge in [0.25, 0.3) is 0 Å². The quantitative estimate of drug-likeness (QED) is 0.0169. The van der Waals surface area contributed by atoms with Crippen LogP contribution in [0.5, 0.6) is 0 Å². The van der Waals surface area contributed by atoms with Gasteiger partial charge in [-0.25, -0.2) is 30.6 Å². The van der Waals surface area contributed by atoms with Crippen LogP contribution < -0.4 is 94.5 Å². The minimum absolute atomic E-state index is 0.337. The van der Waals surface area contributed by atoms with Crippen molar-refractivity contribution in [2.45, 2.75) is 120 Å². The molecule has 0 atom stereocenters. The highest BCUT2D eigenvalue weighted by Gasteiger charge is 2.18. The zero-order valence-corrected chi connectivity index (χ0v) is 97.5. The van der Waals surface area contributed by atoms with E-state index in [1.807, 2.05) is 230 Å². The first-order chi connectivity index (χ1) is 71.9. The van der Waals surface area contributed by atoms with Crippen LogP contribution in [0.2, 0.25) is 0 Å². The second-order valence-corrected chi connectivity index (χ2v) is 47.5. The summed E-state index contributed by atoms with van der Waals surface area (Å²) < 4.78 is 5.49. The minimum Gasteiger partial charge on any atom is -0.368 e. The monoisotopic (exact) mass is 2220 g/mol. The first-order valence-electron chi connectivity index (χ1n) is 48.5. The van der Waals surface area contributed by atoms with Crippen LogP contribution in [-0.4, -0.2) is 279 Å². The lowest BCUT2D eigenvalue weighted by Crippen LogP contribution is -2.23. The Balaban J connectivity index is 0.000000172. The lowest BCUT2D eigenvalue weighted by Gasteiger charge is -2.16. The third-order valence-corrected chi connectivity index (χ3v) is 31.4. The molecule has 0 aliphatic rings. The Morgan fingerprint density at radius 3 is 0.913 bits per heavy atom. The van der Waals surface area contributed by atoms with Gasteiger partial charge in [-0.15, -0.1) is 163 Å². The van der Waals surface area contributed by atoms with Crippen molar-refractivity contribution >= 4 is 209 Å². The van der Waals surface area contributed by atoms with E-state index in [-0.39, 0.29) is 0 Å². The lowest BCUT2D eigenvalue weighted by molar-refractivity contribution is 0.799. The minimum atomic E-state index is 0.337. The number of rotatable bonds is 41. The predicted octanol–water partition coefficient (Wildman–Crippen LogP) is 15.2. The van der Waals surface area contributed by atoms with Gasteiger partial charge in [0.2, 0.25) is 107 Å². The van der Waals surface area contributed by atoms with Crippen molar-refractivity contribution in [1.82, 2.24) is 135 Å². The molecule has 18 aromatic heterocycles. The number of hydrogen-bond donors (Lipinski definition) is 17. The lowest BCUT2D eigenvalue weighted by atomic mass is 10.3. The maximum Gasteiger partial charge on any atom is 0.246 e. The van der Waals surface area contributed by atoms with E-state index in [0.29, 0.717) is 71.4 Å². The molecular weight excluding hydrogens is 2070 g/mol. The number of likely N-dealkylation sites (N-methyl/N-ethyl adjacent to an activating group) is 4. The Kier molecular flexibility index (Phi) is 47.6. The van der Waals surface area contributed by atoms with Crippen molar-refractivity contribution in [2.24, 2.45) is 21.1 Å². The summed E-state index contributed by atoms with van der Waals surface area (Å²) in [4.78, 5) is 63.8. The first kappa shape index (κ1) is 118. The molecule has 18 rings (SSSR count). The van der Waals surface area contributed by atoms with E-state index >= 15 is 0 Å². The van der Waals surface area contributed by atoms with E-state index in [4.69, 9.17) is 22.9 Å². The molecular formula is C96H147N45S9. The van der Waals surface area contributed by atoms with Crippen LogP contribution >= 0.6 is 102 Å². The number of nitrogens with zero attached hydrogens (tertiary/aromatic N) is 28. The average molecular weight is 2220 g/mol. The van der Waals surface area contributed by atoms with E-state index < -0.39 is 0 Å². The molecule has 0 unspecified atom stereocenters. The summed E-state index contributed by atoms with van der Waals surface area (Å²) in [6, 6.07) is 38.9. The Hall–Kier alpha value is -14.0. The summed E-state index contributed by atoms with van der Waals surface area (Å²) in [6.07, 6.45) is 9.09. The van der Waals surface area contributed by atoms with Crippen molar-refractivity contribution in [2.75, 3.05) is 238 Å². The third kappa shape index (κ3) is 40.5. The maximum absolute atomic E-state index is 5.65. The second kappa shape index (κ2) is 60.6. The molecule has 18 aromatic rings. The zero-order valence-electron chi connectivity index (χ0n) is 90.1. The number of aromatic amines is 6. The van der Waals surface area contributed by atoms with Crippen molar-refractivity contribution in [3.8, 4) is 0 Å². The van der Waals surface area contributed by atoms with Gasteiger partial charge >= 0.3 is 0 Å². The van der Waals surface area contributed by atoms with Gasteiger partial charge < -0.3 is 94.5 Å². The molecule has 0 aliphatic carbocycles. The molecule has 21 N–H and O–H groups in total. The number of aryl methyl sites for hydroxylation is 9. The molecule has 18 heterocycles. The molecule has 810 valence electrons. The SMILES string of the molecule is CNc1n[nH]c(NCCc2ccc(C)s2)n1.CNc1nc(N(C)CCc2ccc(C)s2)n[nH]1.Cc1ccc(CCN(C)c2n[nH]c(N)n2)s1.Cc1ccc(CCN(C)c2nc(N(C)C)n[nH]2)s1.Cc1ccc(CCN(C)c2nnc(N)n2C)s1.Cc1ccc(CCNc2n[nH]c(N)n2)s1.Cc1ccc(CCNc2nc(N(C)C)n[nH]2)s1.Cc1ccc(CCNc2nnc(N(C)C)n2C)s1.Cc1ccc(CCNc2nnc(N)n2C)s1. The summed E-state index contributed by atoms with van der Waals surface area (Å²) in [6.45, 7) is 27.0. The van der Waals surface area contributed by atoms with Gasteiger partial charge in [-0.1, -0.05) is 0 Å². The van der Waals surface area contributed by atoms with E-state index in [1.165, 1.54) is 87.8 Å². The standard InChI is InChI=1S/2C12H19N5S.3C11H17N5S.3C10H15N5S.C9H13N5S/c1-9-5-6-10(18-9)7-8-17(4)12-13-11(14-15-12)16(2)3;1-9-5-6-10(18-9)7-8-13-11-14-15-12(16(2)3)17(11)4;1-8-4-5-9(17-8)6-7-15(2)11-14-13-10(12)16(11)3;1-8-4-5-9(17-8)6-7-12-10-13-11(15-14-10)16(2)3;1-8-4-5-9(17-8)6-7-16(3)11-13-10(12-2)14-15-11;1-7-3-4-8(16-7)5-6-15(2)10-12-9(11)13-14-10;1-7-3-4-8(16-7)5-6-12-10-14-13-9(11)15(10)2;1-7-3-4-8(16-7)5-6-12-10-13-9(11-2)14-15-10;1-6-2-3-7(15-6)4-5-11-9-12-8(10)13-14-9/h5-6H,7-8H2,1-4H3,(H,13,14,15);5-6H,7-8H2,1-4H3,(H,13,14);4-5H,6-7H2,1-3H3,(H2,12,13);2*4-5H,6-7H2,1-3H3,(H2,12,13,14,15);3-4H,5-6H2,1-2H3,(H3,11,12,13,14);3-4H,5-6H2,1-2H3,(H2,11,13)(H,12,14);3-4H,5-6H2,1-2H3,(H3,11,12,13,14,15);2-3H,4-5H2,1H3,(H4,10,11,12,13,14). The summed E-state index contributed by atoms with van der Waals surface area (Å²) >= 11 is 16.5. The van der Waals surface area contributed by atoms with E-state index in [1.54, 1.807) is 16.2 Å². The van der Waals surface area contributed by atoms with Crippen LogP contribution in [0.3, 0.4) is 0 Å². The van der Waals surface area contributed by atoms with Crippen LogP contribution in [0.25, 0.3) is 0 Å². The topological polar surface area (TPSA) is 553 Å². The van der Waals surface area contributed by atoms with E-state index in [9.17, 15) is 0 Å². The van der Waals surface area contributed by atoms with Crippen LogP contribution in [0, 0.1) is 62.3 Å². The fourth-order valence-corrected chi connectivity index (χ4v) is 21.5. The Labute approximate surface area is 913 Å². The highest BCUT2D eigenvalue weighted by atomic mass is 32.1. The molecule has 150 heavy (non-hydrogen) atoms. The molecule has 0 radical (unpaired) electrons. The molecule has 0 aliphatic heterocycles. The molecule has 0 aromatic carbocycles. The fraction of sp³-hybridized carbons (Fsp3) is 0.438. The van der Waals surface area contributed by atoms with Gasteiger partial charge in [-0.05, 0) is 229 Å². The summed E-state index contributed by atoms with van der Waals surface area (Å²) in [5, 5.41) is 86.6. The number of thiophene rings is 9. The van der Waals surface area contributed by atoms with E-state index in [2.05, 4.69) is 340 Å². The van der Waals surface area contributed by atoms with Gasteiger partial charge in [-0.2, -0.15) is 29.9 Å². The van der Waals surface area contributed by atoms with Crippen molar-refractivity contribution in [1.29, 1.82) is 0 Å². The summed E-state index contributed by atoms with van der Waals surface area (Å²) in [7, 11) is 28.9. The molecule has 0 bridgehead atoms.